The number of aryl methyl sites for hydroxylation is 5. The third kappa shape index (κ3) is 6.79. The molecule has 0 atom stereocenters. The van der Waals surface area contributed by atoms with E-state index in [1.807, 2.05) is 0 Å². The van der Waals surface area contributed by atoms with Crippen LogP contribution in [0.3, 0.4) is 0 Å². The van der Waals surface area contributed by atoms with Gasteiger partial charge < -0.3 is 9.55 Å². The number of nitrogens with one attached hydrogen (secondary N) is 1. The molecule has 0 radical (unpaired) electrons. The minimum atomic E-state index is 1.12. The summed E-state index contributed by atoms with van der Waals surface area (Å²) in [6.45, 7) is 11.1. The highest BCUT2D eigenvalue weighted by molar-refractivity contribution is 6.16. The van der Waals surface area contributed by atoms with Gasteiger partial charge in [0.15, 0.2) is 0 Å². The Kier molecular flexibility index (Phi) is 9.66. The Morgan fingerprint density at radius 2 is 0.806 bits per heavy atom. The van der Waals surface area contributed by atoms with Crippen molar-refractivity contribution in [3.63, 3.8) is 0 Å². The van der Waals surface area contributed by atoms with Gasteiger partial charge in [0.25, 0.3) is 0 Å². The maximum Gasteiger partial charge on any atom is 0.0545 e. The van der Waals surface area contributed by atoms with Gasteiger partial charge in [-0.05, 0) is 184 Å². The van der Waals surface area contributed by atoms with Crippen molar-refractivity contribution < 1.29 is 0 Å². The monoisotopic (exact) mass is 858 g/mol. The van der Waals surface area contributed by atoms with Crippen LogP contribution in [0.15, 0.2) is 206 Å². The Balaban J connectivity index is 1.16. The molecule has 0 fully saturated rings. The molecule has 2 aromatic heterocycles. The van der Waals surface area contributed by atoms with Gasteiger partial charge in [-0.1, -0.05) is 146 Å². The summed E-state index contributed by atoms with van der Waals surface area (Å²) in [6, 6.07) is 76.6. The van der Waals surface area contributed by atoms with Crippen molar-refractivity contribution >= 4 is 43.6 Å². The van der Waals surface area contributed by atoms with E-state index in [2.05, 4.69) is 250 Å². The Labute approximate surface area is 392 Å². The zero-order valence-electron chi connectivity index (χ0n) is 38.6. The molecular formula is C65H50N2. The molecule has 0 spiro atoms. The highest BCUT2D eigenvalue weighted by Crippen LogP contribution is 2.45. The summed E-state index contributed by atoms with van der Waals surface area (Å²) in [5, 5.41) is 4.91. The van der Waals surface area contributed by atoms with Crippen molar-refractivity contribution in [2.45, 2.75) is 34.6 Å². The van der Waals surface area contributed by atoms with Crippen LogP contribution in [0.4, 0.5) is 0 Å². The fraction of sp³-hybridized carbons (Fsp3) is 0.0769. The predicted octanol–water partition coefficient (Wildman–Crippen LogP) is 18.0. The molecule has 2 nitrogen and oxygen atoms in total. The van der Waals surface area contributed by atoms with Crippen LogP contribution in [0.25, 0.3) is 116 Å². The van der Waals surface area contributed by atoms with Gasteiger partial charge in [-0.15, -0.1) is 0 Å². The first kappa shape index (κ1) is 40.3. The molecule has 0 aliphatic heterocycles. The highest BCUT2D eigenvalue weighted by Gasteiger charge is 2.22. The number of fused-ring (bicyclic) bond motifs is 6. The van der Waals surface area contributed by atoms with Gasteiger partial charge in [-0.3, -0.25) is 0 Å². The molecule has 12 aromatic rings. The summed E-state index contributed by atoms with van der Waals surface area (Å²) in [6.07, 6.45) is 0. The number of hydrogen-bond acceptors (Lipinski definition) is 0. The lowest BCUT2D eigenvalue weighted by Gasteiger charge is -2.18. The number of aromatic amines is 1. The van der Waals surface area contributed by atoms with Crippen molar-refractivity contribution in [2.24, 2.45) is 0 Å². The predicted molar refractivity (Wildman–Crippen MR) is 286 cm³/mol. The van der Waals surface area contributed by atoms with Crippen LogP contribution < -0.4 is 0 Å². The number of rotatable bonds is 7. The van der Waals surface area contributed by atoms with E-state index in [4.69, 9.17) is 0 Å². The van der Waals surface area contributed by atoms with Crippen LogP contribution in [0.2, 0.25) is 0 Å². The molecule has 320 valence electrons. The average Bonchev–Trinajstić information content (AvgIpc) is 3.89. The molecule has 67 heavy (non-hydrogen) atoms. The van der Waals surface area contributed by atoms with E-state index < -0.39 is 0 Å². The zero-order valence-corrected chi connectivity index (χ0v) is 38.6. The molecule has 10 aromatic carbocycles. The van der Waals surface area contributed by atoms with Crippen molar-refractivity contribution in [3.8, 4) is 72.4 Å². The van der Waals surface area contributed by atoms with Gasteiger partial charge in [0.05, 0.1) is 16.6 Å². The van der Waals surface area contributed by atoms with E-state index >= 15 is 0 Å². The summed E-state index contributed by atoms with van der Waals surface area (Å²) < 4.78 is 2.49. The van der Waals surface area contributed by atoms with Crippen molar-refractivity contribution in [3.05, 3.63) is 234 Å². The van der Waals surface area contributed by atoms with Crippen molar-refractivity contribution in [2.75, 3.05) is 0 Å². The standard InChI is InChI=1S/C65H50N2/c1-40-16-12-13-25-52(40)53-30-29-51(39-54(53)58-37-50(46-23-10-7-11-24-46)38-59-55-34-47(45-21-8-6-9-22-45)26-31-60(55)66-65(58)59)67-61-32-27-48(63-41(2)17-14-18-42(63)3)35-56(61)57-36-49(28-33-62(57)67)64-43(4)19-15-20-44(64)5/h6-39,66H,1-5H3. The van der Waals surface area contributed by atoms with Crippen LogP contribution in [0, 0.1) is 34.6 Å². The zero-order chi connectivity index (χ0) is 45.3. The Bertz CT molecular complexity index is 3750. The van der Waals surface area contributed by atoms with Crippen LogP contribution in [0.1, 0.15) is 27.8 Å². The van der Waals surface area contributed by atoms with Gasteiger partial charge in [-0.25, -0.2) is 0 Å². The average molecular weight is 859 g/mol. The second-order valence-corrected chi connectivity index (χ2v) is 18.4. The summed E-state index contributed by atoms with van der Waals surface area (Å²) in [5.74, 6) is 0. The minimum Gasteiger partial charge on any atom is -0.354 e. The van der Waals surface area contributed by atoms with Gasteiger partial charge in [0, 0.05) is 38.3 Å². The molecular weight excluding hydrogens is 809 g/mol. The van der Waals surface area contributed by atoms with E-state index in [9.17, 15) is 0 Å². The molecule has 12 rings (SSSR count). The molecule has 1 N–H and O–H groups in total. The number of aromatic nitrogens is 2. The third-order valence-corrected chi connectivity index (χ3v) is 14.2. The van der Waals surface area contributed by atoms with Crippen molar-refractivity contribution in [1.82, 2.24) is 9.55 Å². The molecule has 2 heterocycles. The second-order valence-electron chi connectivity index (χ2n) is 18.4. The lowest BCUT2D eigenvalue weighted by molar-refractivity contribution is 1.18. The lowest BCUT2D eigenvalue weighted by Crippen LogP contribution is -1.97. The Morgan fingerprint density at radius 3 is 1.40 bits per heavy atom. The quantitative estimate of drug-likeness (QED) is 0.165. The molecule has 0 bridgehead atoms. The van der Waals surface area contributed by atoms with Gasteiger partial charge in [0.1, 0.15) is 0 Å². The summed E-state index contributed by atoms with van der Waals surface area (Å²) in [5.41, 5.74) is 26.8. The lowest BCUT2D eigenvalue weighted by atomic mass is 9.89. The third-order valence-electron chi connectivity index (χ3n) is 14.2. The normalized spacial score (nSPS) is 11.7. The maximum absolute atomic E-state index is 3.96. The Hall–Kier alpha value is -8.20. The number of benzene rings is 10. The van der Waals surface area contributed by atoms with Gasteiger partial charge in [0.2, 0.25) is 0 Å². The van der Waals surface area contributed by atoms with E-state index in [0.717, 1.165) is 16.7 Å². The molecule has 0 aliphatic rings. The largest absolute Gasteiger partial charge is 0.354 e. The van der Waals surface area contributed by atoms with Crippen LogP contribution >= 0.6 is 0 Å². The first-order chi connectivity index (χ1) is 32.8. The molecule has 0 unspecified atom stereocenters. The fourth-order valence-corrected chi connectivity index (χ4v) is 11.0. The van der Waals surface area contributed by atoms with E-state index in [1.54, 1.807) is 0 Å². The molecule has 2 heteroatoms. The molecule has 0 saturated carbocycles. The summed E-state index contributed by atoms with van der Waals surface area (Å²) >= 11 is 0. The van der Waals surface area contributed by atoms with Crippen LogP contribution in [0.5, 0.6) is 0 Å². The van der Waals surface area contributed by atoms with E-state index in [-0.39, 0.29) is 0 Å². The summed E-state index contributed by atoms with van der Waals surface area (Å²) in [4.78, 5) is 3.96. The van der Waals surface area contributed by atoms with Crippen LogP contribution in [-0.2, 0) is 0 Å². The van der Waals surface area contributed by atoms with E-state index in [1.165, 1.54) is 127 Å². The summed E-state index contributed by atoms with van der Waals surface area (Å²) in [7, 11) is 0. The molecule has 0 aliphatic carbocycles. The topological polar surface area (TPSA) is 20.7 Å². The Morgan fingerprint density at radius 1 is 0.299 bits per heavy atom. The highest BCUT2D eigenvalue weighted by atomic mass is 15.0. The van der Waals surface area contributed by atoms with Gasteiger partial charge in [-0.2, -0.15) is 0 Å². The fourth-order valence-electron chi connectivity index (χ4n) is 11.0. The van der Waals surface area contributed by atoms with E-state index in [0.29, 0.717) is 0 Å². The SMILES string of the molecule is Cc1ccccc1-c1ccc(-n2c3ccc(-c4c(C)cccc4C)cc3c3cc(-c4c(C)cccc4C)ccc32)cc1-c1cc(-c2ccccc2)cc2c1[nH]c1ccc(-c3ccccc3)cc12. The maximum atomic E-state index is 3.96. The number of hydrogen-bond donors (Lipinski definition) is 1. The molecule has 0 saturated heterocycles. The first-order valence-electron chi connectivity index (χ1n) is 23.4. The minimum absolute atomic E-state index is 1.12. The van der Waals surface area contributed by atoms with Gasteiger partial charge >= 0.3 is 0 Å². The van der Waals surface area contributed by atoms with Crippen molar-refractivity contribution in [1.29, 1.82) is 0 Å². The second kappa shape index (κ2) is 16.0. The number of H-pyrrole nitrogens is 1. The first-order valence-corrected chi connectivity index (χ1v) is 23.4. The number of nitrogens with zero attached hydrogens (tertiary/aromatic N) is 1. The molecule has 0 amide bonds. The van der Waals surface area contributed by atoms with Crippen LogP contribution in [-0.4, -0.2) is 9.55 Å². The smallest absolute Gasteiger partial charge is 0.0545 e.